The summed E-state index contributed by atoms with van der Waals surface area (Å²) in [7, 11) is 1.40. The molecule has 1 rings (SSSR count). The van der Waals surface area contributed by atoms with Crippen molar-refractivity contribution in [1.29, 1.82) is 0 Å². The fraction of sp³-hybridized carbons (Fsp3) is 0.857. The number of piperidine rings is 1. The standard InChI is InChI=1S/C14H27N3O3/c1-10(2)6-16-12-4-11(5-14(19)20-3)7-17(8-12)9-13(15)18/h10-12,16H,4-9H2,1-3H3,(H2,15,18). The zero-order valence-corrected chi connectivity index (χ0v) is 12.7. The average molecular weight is 285 g/mol. The van der Waals surface area contributed by atoms with Gasteiger partial charge in [-0.3, -0.25) is 14.5 Å². The summed E-state index contributed by atoms with van der Waals surface area (Å²) in [6.45, 7) is 7.01. The van der Waals surface area contributed by atoms with Gasteiger partial charge in [0.05, 0.1) is 13.7 Å². The van der Waals surface area contributed by atoms with Crippen LogP contribution in [0.2, 0.25) is 0 Å². The van der Waals surface area contributed by atoms with Gasteiger partial charge in [-0.25, -0.2) is 0 Å². The van der Waals surface area contributed by atoms with Crippen molar-refractivity contribution in [3.63, 3.8) is 0 Å². The molecule has 6 heteroatoms. The average Bonchev–Trinajstić information content (AvgIpc) is 2.35. The van der Waals surface area contributed by atoms with E-state index in [1.54, 1.807) is 0 Å². The van der Waals surface area contributed by atoms with E-state index in [9.17, 15) is 9.59 Å². The van der Waals surface area contributed by atoms with E-state index in [0.717, 1.165) is 26.1 Å². The van der Waals surface area contributed by atoms with Crippen molar-refractivity contribution >= 4 is 11.9 Å². The Bertz CT molecular complexity index is 334. The van der Waals surface area contributed by atoms with Crippen molar-refractivity contribution < 1.29 is 14.3 Å². The summed E-state index contributed by atoms with van der Waals surface area (Å²) in [6, 6.07) is 0.292. The topological polar surface area (TPSA) is 84.7 Å². The van der Waals surface area contributed by atoms with Gasteiger partial charge in [-0.1, -0.05) is 13.8 Å². The third-order valence-corrected chi connectivity index (χ3v) is 3.49. The van der Waals surface area contributed by atoms with Gasteiger partial charge >= 0.3 is 5.97 Å². The second-order valence-corrected chi connectivity index (χ2v) is 6.04. The van der Waals surface area contributed by atoms with E-state index in [1.165, 1.54) is 7.11 Å². The van der Waals surface area contributed by atoms with Crippen molar-refractivity contribution in [3.8, 4) is 0 Å². The molecule has 1 aliphatic rings. The third-order valence-electron chi connectivity index (χ3n) is 3.49. The molecule has 0 bridgehead atoms. The number of primary amides is 1. The lowest BCUT2D eigenvalue weighted by Crippen LogP contribution is -2.52. The maximum absolute atomic E-state index is 11.4. The summed E-state index contributed by atoms with van der Waals surface area (Å²) in [6.07, 6.45) is 1.32. The summed E-state index contributed by atoms with van der Waals surface area (Å²) in [5.41, 5.74) is 5.27. The molecule has 20 heavy (non-hydrogen) atoms. The molecule has 1 amide bonds. The highest BCUT2D eigenvalue weighted by Gasteiger charge is 2.29. The van der Waals surface area contributed by atoms with Crippen molar-refractivity contribution in [2.75, 3.05) is 33.3 Å². The summed E-state index contributed by atoms with van der Waals surface area (Å²) in [5.74, 6) is 0.255. The lowest BCUT2D eigenvalue weighted by atomic mass is 9.91. The van der Waals surface area contributed by atoms with Gasteiger partial charge in [-0.2, -0.15) is 0 Å². The summed E-state index contributed by atoms with van der Waals surface area (Å²) >= 11 is 0. The van der Waals surface area contributed by atoms with E-state index in [-0.39, 0.29) is 24.3 Å². The van der Waals surface area contributed by atoms with Gasteiger partial charge in [0.15, 0.2) is 0 Å². The van der Waals surface area contributed by atoms with E-state index in [4.69, 9.17) is 10.5 Å². The fourth-order valence-corrected chi connectivity index (χ4v) is 2.67. The number of amides is 1. The van der Waals surface area contributed by atoms with Crippen molar-refractivity contribution in [1.82, 2.24) is 10.2 Å². The number of nitrogens with zero attached hydrogens (tertiary/aromatic N) is 1. The molecular weight excluding hydrogens is 258 g/mol. The van der Waals surface area contributed by atoms with Crippen LogP contribution < -0.4 is 11.1 Å². The summed E-state index contributed by atoms with van der Waals surface area (Å²) in [4.78, 5) is 24.5. The predicted octanol–water partition coefficient (Wildman–Crippen LogP) is -0.0291. The lowest BCUT2D eigenvalue weighted by Gasteiger charge is -2.37. The van der Waals surface area contributed by atoms with E-state index in [0.29, 0.717) is 18.4 Å². The van der Waals surface area contributed by atoms with Gasteiger partial charge in [-0.15, -0.1) is 0 Å². The quantitative estimate of drug-likeness (QED) is 0.642. The lowest BCUT2D eigenvalue weighted by molar-refractivity contribution is -0.142. The molecule has 116 valence electrons. The van der Waals surface area contributed by atoms with E-state index >= 15 is 0 Å². The molecule has 2 unspecified atom stereocenters. The first-order chi connectivity index (χ1) is 9.40. The van der Waals surface area contributed by atoms with E-state index in [2.05, 4.69) is 19.2 Å². The maximum Gasteiger partial charge on any atom is 0.305 e. The normalized spacial score (nSPS) is 23.8. The van der Waals surface area contributed by atoms with Gasteiger partial charge in [0.1, 0.15) is 0 Å². The minimum atomic E-state index is -0.327. The Morgan fingerprint density at radius 3 is 2.65 bits per heavy atom. The van der Waals surface area contributed by atoms with Crippen LogP contribution in [0.15, 0.2) is 0 Å². The number of ether oxygens (including phenoxy) is 1. The van der Waals surface area contributed by atoms with Crippen LogP contribution in [-0.4, -0.2) is 56.1 Å². The van der Waals surface area contributed by atoms with Crippen LogP contribution in [0, 0.1) is 11.8 Å². The second kappa shape index (κ2) is 8.21. The van der Waals surface area contributed by atoms with Crippen LogP contribution in [-0.2, 0) is 14.3 Å². The molecule has 0 aliphatic carbocycles. The van der Waals surface area contributed by atoms with E-state index in [1.807, 2.05) is 4.90 Å². The number of rotatable bonds is 7. The van der Waals surface area contributed by atoms with Gasteiger partial charge in [-0.05, 0) is 24.8 Å². The van der Waals surface area contributed by atoms with Gasteiger partial charge in [0.2, 0.25) is 5.91 Å². The summed E-state index contributed by atoms with van der Waals surface area (Å²) in [5, 5.41) is 3.50. The minimum absolute atomic E-state index is 0.196. The van der Waals surface area contributed by atoms with Gasteiger partial charge in [0, 0.05) is 25.6 Å². The highest BCUT2D eigenvalue weighted by atomic mass is 16.5. The van der Waals surface area contributed by atoms with Crippen LogP contribution >= 0.6 is 0 Å². The van der Waals surface area contributed by atoms with Crippen LogP contribution in [0.25, 0.3) is 0 Å². The zero-order valence-electron chi connectivity index (χ0n) is 12.7. The highest BCUT2D eigenvalue weighted by Crippen LogP contribution is 2.20. The predicted molar refractivity (Wildman–Crippen MR) is 77.0 cm³/mol. The van der Waals surface area contributed by atoms with Crippen LogP contribution in [0.1, 0.15) is 26.7 Å². The highest BCUT2D eigenvalue weighted by molar-refractivity contribution is 5.76. The van der Waals surface area contributed by atoms with Gasteiger partial charge < -0.3 is 15.8 Å². The van der Waals surface area contributed by atoms with Crippen molar-refractivity contribution in [2.24, 2.45) is 17.6 Å². The number of hydrogen-bond donors (Lipinski definition) is 2. The number of nitrogens with two attached hydrogens (primary N) is 1. The molecule has 1 saturated heterocycles. The minimum Gasteiger partial charge on any atom is -0.469 e. The number of nitrogens with one attached hydrogen (secondary N) is 1. The Kier molecular flexibility index (Phi) is 6.95. The van der Waals surface area contributed by atoms with Crippen LogP contribution in [0.3, 0.4) is 0 Å². The largest absolute Gasteiger partial charge is 0.469 e. The summed E-state index contributed by atoms with van der Waals surface area (Å²) < 4.78 is 4.73. The molecule has 0 aromatic rings. The zero-order chi connectivity index (χ0) is 15.1. The van der Waals surface area contributed by atoms with E-state index < -0.39 is 0 Å². The molecule has 6 nitrogen and oxygen atoms in total. The van der Waals surface area contributed by atoms with Crippen LogP contribution in [0.5, 0.6) is 0 Å². The first-order valence-electron chi connectivity index (χ1n) is 7.21. The Morgan fingerprint density at radius 2 is 2.10 bits per heavy atom. The first-order valence-corrected chi connectivity index (χ1v) is 7.21. The Morgan fingerprint density at radius 1 is 1.40 bits per heavy atom. The molecule has 0 saturated carbocycles. The van der Waals surface area contributed by atoms with Crippen molar-refractivity contribution in [3.05, 3.63) is 0 Å². The Hall–Kier alpha value is -1.14. The molecule has 0 aromatic heterocycles. The first kappa shape index (κ1) is 16.9. The fourth-order valence-electron chi connectivity index (χ4n) is 2.67. The number of carbonyl (C=O) groups excluding carboxylic acids is 2. The number of hydrogen-bond acceptors (Lipinski definition) is 5. The molecule has 2 atom stereocenters. The van der Waals surface area contributed by atoms with Crippen molar-refractivity contribution in [2.45, 2.75) is 32.7 Å². The number of methoxy groups -OCH3 is 1. The maximum atomic E-state index is 11.4. The molecule has 0 radical (unpaired) electrons. The molecule has 1 fully saturated rings. The molecule has 0 aromatic carbocycles. The number of likely N-dealkylation sites (tertiary alicyclic amines) is 1. The molecule has 0 spiro atoms. The molecule has 3 N–H and O–H groups in total. The van der Waals surface area contributed by atoms with Gasteiger partial charge in [0.25, 0.3) is 0 Å². The molecular formula is C14H27N3O3. The van der Waals surface area contributed by atoms with Crippen LogP contribution in [0.4, 0.5) is 0 Å². The number of esters is 1. The second-order valence-electron chi connectivity index (χ2n) is 6.04. The monoisotopic (exact) mass is 285 g/mol. The third kappa shape index (κ3) is 6.34. The molecule has 1 heterocycles. The Labute approximate surface area is 121 Å². The number of carbonyl (C=O) groups is 2. The smallest absolute Gasteiger partial charge is 0.305 e. The SMILES string of the molecule is COC(=O)CC1CC(NCC(C)C)CN(CC(N)=O)C1. The molecule has 1 aliphatic heterocycles. The Balaban J connectivity index is 2.56.